The molecule has 0 aromatic heterocycles. The molecule has 1 saturated heterocycles. The van der Waals surface area contributed by atoms with Crippen LogP contribution in [-0.4, -0.2) is 78.4 Å². The van der Waals surface area contributed by atoms with Gasteiger partial charge in [-0.05, 0) is 38.5 Å². The van der Waals surface area contributed by atoms with Crippen LogP contribution in [0.2, 0.25) is 0 Å². The minimum Gasteiger partial charge on any atom is -0.478 e. The molecule has 0 aliphatic carbocycles. The molecule has 1 fully saturated rings. The molecular weight excluding hydrogens is 442 g/mol. The molecule has 1 aliphatic rings. The van der Waals surface area contributed by atoms with Crippen molar-refractivity contribution in [1.82, 2.24) is 9.80 Å². The molecule has 1 unspecified atom stereocenters. The molecule has 31 heavy (non-hydrogen) atoms. The Balaban J connectivity index is 2.01. The van der Waals surface area contributed by atoms with Crippen LogP contribution in [0.5, 0.6) is 0 Å². The summed E-state index contributed by atoms with van der Waals surface area (Å²) in [5.41, 5.74) is 1.31. The molecule has 0 spiro atoms. The number of carbonyl (C=O) groups is 1. The predicted octanol–water partition coefficient (Wildman–Crippen LogP) is 3.75. The van der Waals surface area contributed by atoms with E-state index in [2.05, 4.69) is 4.90 Å². The summed E-state index contributed by atoms with van der Waals surface area (Å²) in [6.07, 6.45) is 0.0945. The molecule has 1 aromatic carbocycles. The van der Waals surface area contributed by atoms with Crippen LogP contribution < -0.4 is 0 Å². The number of hydrogen-bond acceptors (Lipinski definition) is 8. The normalized spacial score (nSPS) is 18.2. The monoisotopic (exact) mass is 474 g/mol. The zero-order chi connectivity index (χ0) is 22.9. The van der Waals surface area contributed by atoms with E-state index < -0.39 is 27.1 Å². The predicted molar refractivity (Wildman–Crippen MR) is 118 cm³/mol. The first-order valence-electron chi connectivity index (χ1n) is 10.5. The molecular formula is C20H32N2O7P2. The van der Waals surface area contributed by atoms with Crippen molar-refractivity contribution in [1.29, 1.82) is 0 Å². The molecule has 2 rings (SSSR count). The lowest BCUT2D eigenvalue weighted by Gasteiger charge is -2.39. The molecule has 1 aliphatic heterocycles. The fourth-order valence-electron chi connectivity index (χ4n) is 3.51. The summed E-state index contributed by atoms with van der Waals surface area (Å²) in [5, 5.41) is 7.22. The first-order chi connectivity index (χ1) is 14.8. The van der Waals surface area contributed by atoms with E-state index in [4.69, 9.17) is 19.1 Å². The Morgan fingerprint density at radius 2 is 1.58 bits per heavy atom. The van der Waals surface area contributed by atoms with Crippen LogP contribution in [0.3, 0.4) is 0 Å². The molecule has 1 heterocycles. The molecule has 1 N–H and O–H groups in total. The highest BCUT2D eigenvalue weighted by Gasteiger charge is 2.54. The SMILES string of the molecule is CCOC(OCC)(P=O)P(=O)(CN1CCN(Cc2ccc(C(=O)O)cc2)CC1)OCC. The van der Waals surface area contributed by atoms with E-state index in [0.29, 0.717) is 19.6 Å². The fourth-order valence-corrected chi connectivity index (χ4v) is 7.04. The molecule has 1 atom stereocenters. The number of aromatic carboxylic acids is 1. The van der Waals surface area contributed by atoms with Crippen LogP contribution in [0.4, 0.5) is 0 Å². The Kier molecular flexibility index (Phi) is 10.2. The summed E-state index contributed by atoms with van der Waals surface area (Å²) in [7, 11) is -4.09. The zero-order valence-corrected chi connectivity index (χ0v) is 20.1. The summed E-state index contributed by atoms with van der Waals surface area (Å²) >= 11 is 0. The van der Waals surface area contributed by atoms with Crippen LogP contribution in [0, 0.1) is 0 Å². The van der Waals surface area contributed by atoms with Gasteiger partial charge in [0.25, 0.3) is 7.37 Å². The fraction of sp³-hybridized carbons (Fsp3) is 0.650. The number of nitrogens with zero attached hydrogens (tertiary/aromatic N) is 2. The number of carboxylic acids is 1. The van der Waals surface area contributed by atoms with Gasteiger partial charge in [0.15, 0.2) is 0 Å². The van der Waals surface area contributed by atoms with E-state index in [1.165, 1.54) is 0 Å². The average Bonchev–Trinajstić information content (AvgIpc) is 2.75. The third-order valence-electron chi connectivity index (χ3n) is 5.01. The van der Waals surface area contributed by atoms with Gasteiger partial charge >= 0.3 is 11.2 Å². The summed E-state index contributed by atoms with van der Waals surface area (Å²) in [4.78, 5) is 15.3. The highest BCUT2D eigenvalue weighted by molar-refractivity contribution is 7.68. The third kappa shape index (κ3) is 6.65. The van der Waals surface area contributed by atoms with Gasteiger partial charge in [-0.2, -0.15) is 0 Å². The minimum absolute atomic E-state index is 0.0945. The van der Waals surface area contributed by atoms with Crippen molar-refractivity contribution < 1.29 is 33.0 Å². The summed E-state index contributed by atoms with van der Waals surface area (Å²) in [5.74, 6) is -0.938. The van der Waals surface area contributed by atoms with Crippen LogP contribution in [0.15, 0.2) is 24.3 Å². The number of ether oxygens (including phenoxy) is 2. The van der Waals surface area contributed by atoms with Crippen LogP contribution in [0.25, 0.3) is 0 Å². The largest absolute Gasteiger partial charge is 0.478 e. The second kappa shape index (κ2) is 12.2. The third-order valence-corrected chi connectivity index (χ3v) is 9.22. The number of piperazine rings is 1. The summed E-state index contributed by atoms with van der Waals surface area (Å²) in [6, 6.07) is 6.86. The second-order valence-electron chi connectivity index (χ2n) is 7.13. The van der Waals surface area contributed by atoms with Crippen LogP contribution in [-0.2, 0) is 29.7 Å². The molecule has 0 bridgehead atoms. The lowest BCUT2D eigenvalue weighted by molar-refractivity contribution is -0.121. The lowest BCUT2D eigenvalue weighted by atomic mass is 10.1. The molecule has 0 saturated carbocycles. The van der Waals surface area contributed by atoms with Gasteiger partial charge in [-0.15, -0.1) is 0 Å². The smallest absolute Gasteiger partial charge is 0.335 e. The molecule has 174 valence electrons. The van der Waals surface area contributed by atoms with E-state index in [0.717, 1.165) is 18.7 Å². The van der Waals surface area contributed by atoms with E-state index in [1.54, 1.807) is 32.9 Å². The molecule has 9 nitrogen and oxygen atoms in total. The molecule has 0 radical (unpaired) electrons. The van der Waals surface area contributed by atoms with E-state index in [1.807, 2.05) is 17.0 Å². The van der Waals surface area contributed by atoms with E-state index in [-0.39, 0.29) is 31.7 Å². The Bertz CT molecular complexity index is 761. The second-order valence-corrected chi connectivity index (χ2v) is 10.7. The van der Waals surface area contributed by atoms with Gasteiger partial charge in [-0.3, -0.25) is 18.9 Å². The molecule has 11 heteroatoms. The van der Waals surface area contributed by atoms with E-state index in [9.17, 15) is 13.9 Å². The lowest BCUT2D eigenvalue weighted by Crippen LogP contribution is -2.47. The highest BCUT2D eigenvalue weighted by Crippen LogP contribution is 2.65. The molecule has 0 amide bonds. The molecule has 1 aromatic rings. The first-order valence-corrected chi connectivity index (χ1v) is 13.1. The van der Waals surface area contributed by atoms with Gasteiger partial charge in [-0.25, -0.2) is 4.79 Å². The van der Waals surface area contributed by atoms with Crippen molar-refractivity contribution in [3.63, 3.8) is 0 Å². The van der Waals surface area contributed by atoms with Crippen molar-refractivity contribution in [3.05, 3.63) is 35.4 Å². The topological polar surface area (TPSA) is 106 Å². The Hall–Kier alpha value is -1.18. The highest BCUT2D eigenvalue weighted by atomic mass is 31.2. The van der Waals surface area contributed by atoms with E-state index >= 15 is 0 Å². The van der Waals surface area contributed by atoms with Crippen LogP contribution in [0.1, 0.15) is 36.7 Å². The van der Waals surface area contributed by atoms with Crippen LogP contribution >= 0.6 is 15.8 Å². The maximum atomic E-state index is 13.8. The zero-order valence-electron chi connectivity index (χ0n) is 18.4. The Morgan fingerprint density at radius 3 is 2.03 bits per heavy atom. The van der Waals surface area contributed by atoms with Crippen molar-refractivity contribution in [2.45, 2.75) is 32.6 Å². The number of rotatable bonds is 13. The van der Waals surface area contributed by atoms with Gasteiger partial charge in [0.05, 0.1) is 18.5 Å². The Labute approximate surface area is 185 Å². The maximum Gasteiger partial charge on any atom is 0.335 e. The standard InChI is InChI=1S/C20H32N2O7P2/c1-4-27-20(30-25,28-5-2)31(26,29-6-3)16-22-13-11-21(12-14-22)15-17-7-9-18(10-8-17)19(23)24/h7-10H,4-6,11-16H2,1-3H3,(H,23,24). The quantitative estimate of drug-likeness (QED) is 0.338. The number of hydrogen-bond donors (Lipinski definition) is 1. The number of benzene rings is 1. The van der Waals surface area contributed by atoms with Gasteiger partial charge < -0.3 is 19.1 Å². The van der Waals surface area contributed by atoms with Crippen molar-refractivity contribution >= 4 is 21.8 Å². The average molecular weight is 474 g/mol. The first kappa shape index (κ1) is 26.1. The van der Waals surface area contributed by atoms with Gasteiger partial charge in [0, 0.05) is 45.9 Å². The minimum atomic E-state index is -3.58. The van der Waals surface area contributed by atoms with Crippen molar-refractivity contribution in [2.75, 3.05) is 52.3 Å². The number of carboxylic acid groups (broad SMARTS) is 1. The van der Waals surface area contributed by atoms with Gasteiger partial charge in [0.1, 0.15) is 0 Å². The van der Waals surface area contributed by atoms with Crippen molar-refractivity contribution in [3.8, 4) is 0 Å². The summed E-state index contributed by atoms with van der Waals surface area (Å²) in [6.45, 7) is 9.32. The van der Waals surface area contributed by atoms with Gasteiger partial charge in [0.2, 0.25) is 8.46 Å². The van der Waals surface area contributed by atoms with Gasteiger partial charge in [-0.1, -0.05) is 12.1 Å². The van der Waals surface area contributed by atoms with Crippen molar-refractivity contribution in [2.24, 2.45) is 0 Å². The maximum absolute atomic E-state index is 13.8. The Morgan fingerprint density at radius 1 is 1.03 bits per heavy atom. The summed E-state index contributed by atoms with van der Waals surface area (Å²) < 4.78 is 42.6.